The second-order valence-electron chi connectivity index (χ2n) is 4.99. The topological polar surface area (TPSA) is 63.7 Å². The lowest BCUT2D eigenvalue weighted by molar-refractivity contribution is -0.150. The number of rotatable bonds is 3. The van der Waals surface area contributed by atoms with Crippen molar-refractivity contribution < 1.29 is 19.1 Å². The number of esters is 1. The molecule has 1 aliphatic rings. The van der Waals surface area contributed by atoms with Crippen molar-refractivity contribution in [2.75, 3.05) is 0 Å². The van der Waals surface area contributed by atoms with Crippen molar-refractivity contribution in [3.05, 3.63) is 54.6 Å². The molecule has 3 rings (SSSR count). The molecule has 5 heteroatoms. The van der Waals surface area contributed by atoms with Gasteiger partial charge in [0.15, 0.2) is 0 Å². The van der Waals surface area contributed by atoms with Crippen molar-refractivity contribution in [2.45, 2.75) is 13.0 Å². The zero-order chi connectivity index (χ0) is 15.7. The van der Waals surface area contributed by atoms with Crippen molar-refractivity contribution in [3.8, 4) is 5.75 Å². The SMILES string of the molecule is C[C@@H](C(=O)Oc1ccc2ccccc2c1)N1C(=O)C=CC1=O. The zero-order valence-electron chi connectivity index (χ0n) is 11.9. The smallest absolute Gasteiger partial charge is 0.334 e. The first-order valence-electron chi connectivity index (χ1n) is 6.82. The van der Waals surface area contributed by atoms with Gasteiger partial charge in [-0.15, -0.1) is 0 Å². The Morgan fingerprint density at radius 2 is 1.64 bits per heavy atom. The van der Waals surface area contributed by atoms with Gasteiger partial charge in [0.1, 0.15) is 11.8 Å². The molecule has 0 spiro atoms. The van der Waals surface area contributed by atoms with E-state index in [2.05, 4.69) is 0 Å². The molecule has 0 unspecified atom stereocenters. The minimum Gasteiger partial charge on any atom is -0.425 e. The van der Waals surface area contributed by atoms with Crippen molar-refractivity contribution >= 4 is 28.6 Å². The van der Waals surface area contributed by atoms with E-state index in [-0.39, 0.29) is 0 Å². The molecule has 5 nitrogen and oxygen atoms in total. The van der Waals surface area contributed by atoms with Gasteiger partial charge in [-0.1, -0.05) is 30.3 Å². The van der Waals surface area contributed by atoms with Gasteiger partial charge >= 0.3 is 5.97 Å². The molecule has 0 radical (unpaired) electrons. The molecule has 2 amide bonds. The molecule has 0 saturated heterocycles. The fourth-order valence-electron chi connectivity index (χ4n) is 2.33. The fraction of sp³-hybridized carbons (Fsp3) is 0.118. The lowest BCUT2D eigenvalue weighted by Gasteiger charge is -2.20. The van der Waals surface area contributed by atoms with Crippen molar-refractivity contribution in [1.82, 2.24) is 4.90 Å². The second kappa shape index (κ2) is 5.44. The monoisotopic (exact) mass is 295 g/mol. The number of benzene rings is 2. The summed E-state index contributed by atoms with van der Waals surface area (Å²) in [4.78, 5) is 36.1. The third-order valence-electron chi connectivity index (χ3n) is 3.51. The number of fused-ring (bicyclic) bond motifs is 1. The molecule has 2 aromatic carbocycles. The van der Waals surface area contributed by atoms with E-state index in [0.717, 1.165) is 27.8 Å². The quantitative estimate of drug-likeness (QED) is 0.494. The minimum atomic E-state index is -0.971. The third-order valence-corrected chi connectivity index (χ3v) is 3.51. The van der Waals surface area contributed by atoms with Gasteiger partial charge in [-0.3, -0.25) is 14.5 Å². The van der Waals surface area contributed by atoms with Gasteiger partial charge in [-0.25, -0.2) is 4.79 Å². The van der Waals surface area contributed by atoms with Gasteiger partial charge in [0.05, 0.1) is 0 Å². The van der Waals surface area contributed by atoms with Crippen LogP contribution in [0.15, 0.2) is 54.6 Å². The normalized spacial score (nSPS) is 15.4. The summed E-state index contributed by atoms with van der Waals surface area (Å²) < 4.78 is 5.28. The predicted octanol–water partition coefficient (Wildman–Crippen LogP) is 2.06. The summed E-state index contributed by atoms with van der Waals surface area (Å²) in [5.41, 5.74) is 0. The van der Waals surface area contributed by atoms with Crippen LogP contribution in [0, 0.1) is 0 Å². The highest BCUT2D eigenvalue weighted by Crippen LogP contribution is 2.21. The fourth-order valence-corrected chi connectivity index (χ4v) is 2.33. The molecule has 1 heterocycles. The zero-order valence-corrected chi connectivity index (χ0v) is 11.9. The van der Waals surface area contributed by atoms with Crippen molar-refractivity contribution in [3.63, 3.8) is 0 Å². The van der Waals surface area contributed by atoms with Crippen LogP contribution in [-0.2, 0) is 14.4 Å². The highest BCUT2D eigenvalue weighted by atomic mass is 16.5. The van der Waals surface area contributed by atoms with E-state index >= 15 is 0 Å². The summed E-state index contributed by atoms with van der Waals surface area (Å²) in [5.74, 6) is -1.29. The molecule has 0 aromatic heterocycles. The van der Waals surface area contributed by atoms with Crippen LogP contribution in [0.25, 0.3) is 10.8 Å². The van der Waals surface area contributed by atoms with E-state index in [1.165, 1.54) is 6.92 Å². The number of ether oxygens (including phenoxy) is 1. The summed E-state index contributed by atoms with van der Waals surface area (Å²) in [6.45, 7) is 1.46. The summed E-state index contributed by atoms with van der Waals surface area (Å²) in [6, 6.07) is 12.0. The molecule has 2 aromatic rings. The molecule has 0 saturated carbocycles. The maximum absolute atomic E-state index is 12.1. The average Bonchev–Trinajstić information content (AvgIpc) is 2.85. The van der Waals surface area contributed by atoms with E-state index in [1.54, 1.807) is 12.1 Å². The van der Waals surface area contributed by atoms with Crippen LogP contribution in [0.5, 0.6) is 5.75 Å². The molecule has 1 atom stereocenters. The van der Waals surface area contributed by atoms with Crippen LogP contribution < -0.4 is 4.74 Å². The lowest BCUT2D eigenvalue weighted by atomic mass is 10.1. The van der Waals surface area contributed by atoms with Crippen LogP contribution in [0.2, 0.25) is 0 Å². The molecule has 110 valence electrons. The number of nitrogens with zero attached hydrogens (tertiary/aromatic N) is 1. The molecule has 0 fully saturated rings. The molecular formula is C17H13NO4. The lowest BCUT2D eigenvalue weighted by Crippen LogP contribution is -2.44. The first-order chi connectivity index (χ1) is 10.6. The largest absolute Gasteiger partial charge is 0.425 e. The molecule has 0 aliphatic carbocycles. The first kappa shape index (κ1) is 14.0. The van der Waals surface area contributed by atoms with Crippen LogP contribution >= 0.6 is 0 Å². The highest BCUT2D eigenvalue weighted by molar-refractivity contribution is 6.14. The van der Waals surface area contributed by atoms with Gasteiger partial charge < -0.3 is 4.74 Å². The Kier molecular flexibility index (Phi) is 3.47. The number of amides is 2. The summed E-state index contributed by atoms with van der Waals surface area (Å²) in [5, 5.41) is 1.97. The number of hydrogen-bond acceptors (Lipinski definition) is 4. The maximum Gasteiger partial charge on any atom is 0.334 e. The average molecular weight is 295 g/mol. The molecular weight excluding hydrogens is 282 g/mol. The van der Waals surface area contributed by atoms with Crippen LogP contribution in [-0.4, -0.2) is 28.7 Å². The molecule has 22 heavy (non-hydrogen) atoms. The van der Waals surface area contributed by atoms with E-state index in [4.69, 9.17) is 4.74 Å². The standard InChI is InChI=1S/C17H13NO4/c1-11(18-15(19)8-9-16(18)20)17(21)22-14-7-6-12-4-2-3-5-13(12)10-14/h2-11H,1H3/t11-/m0/s1. The summed E-state index contributed by atoms with van der Waals surface area (Å²) in [6.07, 6.45) is 2.28. The van der Waals surface area contributed by atoms with Crippen molar-refractivity contribution in [1.29, 1.82) is 0 Å². The predicted molar refractivity (Wildman–Crippen MR) is 80.0 cm³/mol. The third kappa shape index (κ3) is 2.48. The molecule has 0 bridgehead atoms. The highest BCUT2D eigenvalue weighted by Gasteiger charge is 2.33. The summed E-state index contributed by atoms with van der Waals surface area (Å²) >= 11 is 0. The van der Waals surface area contributed by atoms with Crippen LogP contribution in [0.1, 0.15) is 6.92 Å². The summed E-state index contributed by atoms with van der Waals surface area (Å²) in [7, 11) is 0. The number of carbonyl (C=O) groups excluding carboxylic acids is 3. The van der Waals surface area contributed by atoms with E-state index in [9.17, 15) is 14.4 Å². The Bertz CT molecular complexity index is 791. The van der Waals surface area contributed by atoms with E-state index < -0.39 is 23.8 Å². The van der Waals surface area contributed by atoms with E-state index in [0.29, 0.717) is 5.75 Å². The Labute approximate surface area is 126 Å². The van der Waals surface area contributed by atoms with Gasteiger partial charge in [-0.05, 0) is 29.8 Å². The van der Waals surface area contributed by atoms with Crippen LogP contribution in [0.4, 0.5) is 0 Å². The molecule has 1 aliphatic heterocycles. The Morgan fingerprint density at radius 3 is 2.32 bits per heavy atom. The minimum absolute atomic E-state index is 0.377. The Balaban J connectivity index is 1.78. The van der Waals surface area contributed by atoms with Gasteiger partial charge in [0.2, 0.25) is 0 Å². The van der Waals surface area contributed by atoms with E-state index in [1.807, 2.05) is 30.3 Å². The Morgan fingerprint density at radius 1 is 1.00 bits per heavy atom. The Hall–Kier alpha value is -2.95. The number of imide groups is 1. The van der Waals surface area contributed by atoms with Crippen molar-refractivity contribution in [2.24, 2.45) is 0 Å². The number of carbonyl (C=O) groups is 3. The first-order valence-corrected chi connectivity index (χ1v) is 6.82. The number of hydrogen-bond donors (Lipinski definition) is 0. The van der Waals surface area contributed by atoms with Gasteiger partial charge in [-0.2, -0.15) is 0 Å². The van der Waals surface area contributed by atoms with Gasteiger partial charge in [0.25, 0.3) is 11.8 Å². The second-order valence-corrected chi connectivity index (χ2v) is 4.99. The maximum atomic E-state index is 12.1. The van der Waals surface area contributed by atoms with Crippen LogP contribution in [0.3, 0.4) is 0 Å². The molecule has 0 N–H and O–H groups in total. The van der Waals surface area contributed by atoms with Gasteiger partial charge in [0, 0.05) is 12.2 Å².